The lowest BCUT2D eigenvalue weighted by atomic mass is 10.3. The van der Waals surface area contributed by atoms with E-state index in [9.17, 15) is 13.2 Å². The van der Waals surface area contributed by atoms with Gasteiger partial charge < -0.3 is 10.6 Å². The van der Waals surface area contributed by atoms with Gasteiger partial charge >= 0.3 is 0 Å². The predicted octanol–water partition coefficient (Wildman–Crippen LogP) is 3.58. The van der Waals surface area contributed by atoms with Gasteiger partial charge in [-0.05, 0) is 30.3 Å². The van der Waals surface area contributed by atoms with Crippen LogP contribution in [-0.4, -0.2) is 19.3 Å². The molecule has 1 amide bonds. The summed E-state index contributed by atoms with van der Waals surface area (Å²) in [6.07, 6.45) is 1.48. The van der Waals surface area contributed by atoms with Crippen molar-refractivity contribution in [3.8, 4) is 0 Å². The van der Waals surface area contributed by atoms with E-state index in [1.165, 1.54) is 31.3 Å². The Morgan fingerprint density at radius 2 is 1.56 bits per heavy atom. The molecule has 3 rings (SSSR count). The fraction of sp³-hybridized carbons (Fsp3) is 0.0526. The van der Waals surface area contributed by atoms with Gasteiger partial charge in [-0.3, -0.25) is 9.52 Å². The lowest BCUT2D eigenvalue weighted by Gasteiger charge is -2.17. The molecule has 1 aromatic heterocycles. The van der Waals surface area contributed by atoms with Gasteiger partial charge in [-0.2, -0.15) is 0 Å². The molecule has 0 unspecified atom stereocenters. The fourth-order valence-electron chi connectivity index (χ4n) is 2.40. The molecule has 0 fully saturated rings. The minimum absolute atomic E-state index is 0.105. The van der Waals surface area contributed by atoms with E-state index in [1.54, 1.807) is 18.2 Å². The Morgan fingerprint density at radius 1 is 0.926 bits per heavy atom. The number of rotatable bonds is 6. The van der Waals surface area contributed by atoms with Gasteiger partial charge in [0.15, 0.2) is 5.82 Å². The number of anilines is 4. The van der Waals surface area contributed by atoms with Crippen LogP contribution in [0.25, 0.3) is 0 Å². The maximum atomic E-state index is 12.8. The Hall–Kier alpha value is -3.39. The van der Waals surface area contributed by atoms with Gasteiger partial charge in [0.25, 0.3) is 10.0 Å². The normalized spacial score (nSPS) is 10.9. The minimum atomic E-state index is -3.87. The summed E-state index contributed by atoms with van der Waals surface area (Å²) in [6.45, 7) is 1.35. The number of aromatic nitrogens is 1. The summed E-state index contributed by atoms with van der Waals surface area (Å²) in [5.41, 5.74) is 1.18. The van der Waals surface area contributed by atoms with Crippen molar-refractivity contribution in [2.45, 2.75) is 11.8 Å². The number of para-hydroxylation sites is 1. The molecule has 7 nitrogen and oxygen atoms in total. The lowest BCUT2D eigenvalue weighted by molar-refractivity contribution is -0.114. The molecule has 8 heteroatoms. The first kappa shape index (κ1) is 18.4. The number of nitrogens with zero attached hydrogens (tertiary/aromatic N) is 1. The van der Waals surface area contributed by atoms with Crippen LogP contribution >= 0.6 is 0 Å². The monoisotopic (exact) mass is 382 g/mol. The highest BCUT2D eigenvalue weighted by molar-refractivity contribution is 7.92. The van der Waals surface area contributed by atoms with E-state index in [1.807, 2.05) is 30.3 Å². The molecule has 0 radical (unpaired) electrons. The molecule has 138 valence electrons. The number of carbonyl (C=O) groups is 1. The number of amides is 1. The van der Waals surface area contributed by atoms with E-state index in [4.69, 9.17) is 0 Å². The number of nitrogens with one attached hydrogen (secondary N) is 3. The van der Waals surface area contributed by atoms with Gasteiger partial charge in [-0.1, -0.05) is 36.4 Å². The second kappa shape index (κ2) is 7.88. The zero-order valence-corrected chi connectivity index (χ0v) is 15.3. The molecule has 0 aliphatic carbocycles. The van der Waals surface area contributed by atoms with Crippen molar-refractivity contribution in [1.29, 1.82) is 0 Å². The molecule has 0 aliphatic heterocycles. The smallest absolute Gasteiger partial charge is 0.262 e. The highest BCUT2D eigenvalue weighted by Crippen LogP contribution is 2.32. The molecule has 0 saturated carbocycles. The number of carbonyl (C=O) groups excluding carboxylic acids is 1. The van der Waals surface area contributed by atoms with E-state index in [2.05, 4.69) is 20.3 Å². The summed E-state index contributed by atoms with van der Waals surface area (Å²) in [7, 11) is -3.87. The third-order valence-electron chi connectivity index (χ3n) is 3.59. The fourth-order valence-corrected chi connectivity index (χ4v) is 3.51. The van der Waals surface area contributed by atoms with Crippen LogP contribution in [0.15, 0.2) is 77.8 Å². The van der Waals surface area contributed by atoms with Crippen molar-refractivity contribution in [2.75, 3.05) is 15.4 Å². The van der Waals surface area contributed by atoms with Crippen LogP contribution in [0, 0.1) is 0 Å². The van der Waals surface area contributed by atoms with E-state index in [0.29, 0.717) is 5.69 Å². The van der Waals surface area contributed by atoms with Gasteiger partial charge in [0.1, 0.15) is 5.69 Å². The van der Waals surface area contributed by atoms with Crippen LogP contribution in [-0.2, 0) is 14.8 Å². The number of sulfonamides is 1. The van der Waals surface area contributed by atoms with Gasteiger partial charge in [0.05, 0.1) is 10.6 Å². The molecule has 0 bridgehead atoms. The van der Waals surface area contributed by atoms with Crippen molar-refractivity contribution >= 4 is 38.8 Å². The average Bonchev–Trinajstić information content (AvgIpc) is 2.65. The highest BCUT2D eigenvalue weighted by Gasteiger charge is 2.20. The van der Waals surface area contributed by atoms with E-state index in [0.717, 1.165) is 5.69 Å². The Balaban J connectivity index is 2.04. The third-order valence-corrected chi connectivity index (χ3v) is 4.95. The highest BCUT2D eigenvalue weighted by atomic mass is 32.2. The first-order chi connectivity index (χ1) is 13.0. The molecule has 27 heavy (non-hydrogen) atoms. The standard InChI is InChI=1S/C19H18N4O3S/c1-14(24)21-17-12-13-20-19(22-15-8-4-2-5-9-15)18(17)23-27(25,26)16-10-6-3-7-11-16/h2-13,23H,1H3,(H2,20,21,22,24). The second-order valence-electron chi connectivity index (χ2n) is 5.67. The van der Waals surface area contributed by atoms with E-state index in [-0.39, 0.29) is 22.3 Å². The van der Waals surface area contributed by atoms with E-state index < -0.39 is 10.0 Å². The first-order valence-electron chi connectivity index (χ1n) is 8.12. The molecule has 0 aliphatic rings. The molecular weight excluding hydrogens is 364 g/mol. The molecule has 3 aromatic rings. The van der Waals surface area contributed by atoms with Gasteiger partial charge in [-0.25, -0.2) is 13.4 Å². The zero-order chi connectivity index (χ0) is 19.3. The van der Waals surface area contributed by atoms with Crippen LogP contribution in [0.1, 0.15) is 6.92 Å². The van der Waals surface area contributed by atoms with Crippen molar-refractivity contribution in [2.24, 2.45) is 0 Å². The third kappa shape index (κ3) is 4.62. The first-order valence-corrected chi connectivity index (χ1v) is 9.60. The SMILES string of the molecule is CC(=O)Nc1ccnc(Nc2ccccc2)c1NS(=O)(=O)c1ccccc1. The Bertz CT molecular complexity index is 1040. The zero-order valence-electron chi connectivity index (χ0n) is 14.5. The van der Waals surface area contributed by atoms with Crippen LogP contribution < -0.4 is 15.4 Å². The summed E-state index contributed by atoms with van der Waals surface area (Å²) in [5.74, 6) is -0.0565. The van der Waals surface area contributed by atoms with Gasteiger partial charge in [0.2, 0.25) is 5.91 Å². The quantitative estimate of drug-likeness (QED) is 0.605. The maximum absolute atomic E-state index is 12.8. The summed E-state index contributed by atoms with van der Waals surface area (Å²) in [5, 5.41) is 5.70. The molecule has 1 heterocycles. The summed E-state index contributed by atoms with van der Waals surface area (Å²) in [6, 6.07) is 18.7. The van der Waals surface area contributed by atoms with Crippen molar-refractivity contribution < 1.29 is 13.2 Å². The van der Waals surface area contributed by atoms with Crippen LogP contribution in [0.2, 0.25) is 0 Å². The van der Waals surface area contributed by atoms with Crippen molar-refractivity contribution in [3.63, 3.8) is 0 Å². The van der Waals surface area contributed by atoms with Crippen molar-refractivity contribution in [3.05, 3.63) is 72.9 Å². The molecule has 2 aromatic carbocycles. The molecule has 0 atom stereocenters. The lowest BCUT2D eigenvalue weighted by Crippen LogP contribution is -2.17. The second-order valence-corrected chi connectivity index (χ2v) is 7.36. The van der Waals surface area contributed by atoms with Crippen LogP contribution in [0.4, 0.5) is 22.9 Å². The summed E-state index contributed by atoms with van der Waals surface area (Å²) < 4.78 is 28.1. The molecule has 0 saturated heterocycles. The number of pyridine rings is 1. The maximum Gasteiger partial charge on any atom is 0.262 e. The Kier molecular flexibility index (Phi) is 5.37. The Morgan fingerprint density at radius 3 is 2.19 bits per heavy atom. The minimum Gasteiger partial charge on any atom is -0.338 e. The van der Waals surface area contributed by atoms with Crippen LogP contribution in [0.3, 0.4) is 0 Å². The van der Waals surface area contributed by atoms with E-state index >= 15 is 0 Å². The average molecular weight is 382 g/mol. The van der Waals surface area contributed by atoms with Crippen LogP contribution in [0.5, 0.6) is 0 Å². The predicted molar refractivity (Wildman–Crippen MR) is 106 cm³/mol. The largest absolute Gasteiger partial charge is 0.338 e. The number of hydrogen-bond acceptors (Lipinski definition) is 5. The molecule has 3 N–H and O–H groups in total. The summed E-state index contributed by atoms with van der Waals surface area (Å²) in [4.78, 5) is 15.9. The van der Waals surface area contributed by atoms with Gasteiger partial charge in [0, 0.05) is 18.8 Å². The molecule has 0 spiro atoms. The Labute approximate surface area is 157 Å². The number of hydrogen-bond donors (Lipinski definition) is 3. The molecular formula is C19H18N4O3S. The topological polar surface area (TPSA) is 100 Å². The van der Waals surface area contributed by atoms with Crippen molar-refractivity contribution in [1.82, 2.24) is 4.98 Å². The summed E-state index contributed by atoms with van der Waals surface area (Å²) >= 11 is 0. The van der Waals surface area contributed by atoms with Gasteiger partial charge in [-0.15, -0.1) is 0 Å². The number of benzene rings is 2.